The van der Waals surface area contributed by atoms with E-state index in [1.54, 1.807) is 9.13 Å². The predicted octanol–water partition coefficient (Wildman–Crippen LogP) is 8.82. The zero-order valence-corrected chi connectivity index (χ0v) is 22.7. The summed E-state index contributed by atoms with van der Waals surface area (Å²) in [6.45, 7) is 0. The van der Waals surface area contributed by atoms with Crippen molar-refractivity contribution in [2.24, 2.45) is 0 Å². The molecule has 2 heterocycles. The van der Waals surface area contributed by atoms with Gasteiger partial charge in [-0.15, -0.1) is 0 Å². The molecule has 0 bridgehead atoms. The number of para-hydroxylation sites is 3. The number of hydrogen-bond donors (Lipinski definition) is 0. The fourth-order valence-electron chi connectivity index (χ4n) is 6.23. The second-order valence-corrected chi connectivity index (χ2v) is 10.4. The lowest BCUT2D eigenvalue weighted by molar-refractivity contribution is 0.931. The van der Waals surface area contributed by atoms with E-state index in [4.69, 9.17) is 4.98 Å². The maximum absolute atomic E-state index is 13.9. The van der Waals surface area contributed by atoms with E-state index in [1.807, 2.05) is 72.9 Å². The molecule has 0 aliphatic heterocycles. The summed E-state index contributed by atoms with van der Waals surface area (Å²) in [7, 11) is 0. The van der Waals surface area contributed by atoms with E-state index in [0.717, 1.165) is 50.0 Å². The van der Waals surface area contributed by atoms with Crippen LogP contribution in [0, 0.1) is 0 Å². The highest BCUT2D eigenvalue weighted by atomic mass is 16.1. The van der Waals surface area contributed by atoms with E-state index in [-0.39, 0.29) is 5.69 Å². The lowest BCUT2D eigenvalue weighted by atomic mass is 9.87. The monoisotopic (exact) mass is 539 g/mol. The van der Waals surface area contributed by atoms with Crippen molar-refractivity contribution < 1.29 is 0 Å². The average molecular weight is 540 g/mol. The average Bonchev–Trinajstić information content (AvgIpc) is 3.36. The maximum Gasteiger partial charge on any atom is 0.338 e. The van der Waals surface area contributed by atoms with Crippen molar-refractivity contribution in [2.45, 2.75) is 0 Å². The first kappa shape index (κ1) is 24.1. The van der Waals surface area contributed by atoms with Gasteiger partial charge in [0, 0.05) is 11.8 Å². The number of nitrogens with zero attached hydrogens (tertiary/aromatic N) is 3. The Morgan fingerprint density at radius 3 is 1.45 bits per heavy atom. The predicted molar refractivity (Wildman–Crippen MR) is 173 cm³/mol. The van der Waals surface area contributed by atoms with Gasteiger partial charge in [0.05, 0.1) is 28.1 Å². The van der Waals surface area contributed by atoms with E-state index in [2.05, 4.69) is 78.9 Å². The topological polar surface area (TPSA) is 39.8 Å². The quantitative estimate of drug-likeness (QED) is 0.210. The molecule has 0 unspecified atom stereocenters. The van der Waals surface area contributed by atoms with Crippen LogP contribution in [0.3, 0.4) is 0 Å². The van der Waals surface area contributed by atoms with Gasteiger partial charge in [-0.3, -0.25) is 14.1 Å². The van der Waals surface area contributed by atoms with Gasteiger partial charge in [0.25, 0.3) is 0 Å². The first-order valence-electron chi connectivity index (χ1n) is 14.0. The molecule has 4 nitrogen and oxygen atoms in total. The molecule has 2 aromatic heterocycles. The second kappa shape index (κ2) is 9.72. The van der Waals surface area contributed by atoms with Gasteiger partial charge in [-0.2, -0.15) is 0 Å². The summed E-state index contributed by atoms with van der Waals surface area (Å²) < 4.78 is 3.58. The minimum Gasteiger partial charge on any atom is -0.260 e. The van der Waals surface area contributed by atoms with Crippen LogP contribution in [-0.2, 0) is 0 Å². The highest BCUT2D eigenvalue weighted by Gasteiger charge is 2.18. The van der Waals surface area contributed by atoms with Gasteiger partial charge in [0.15, 0.2) is 0 Å². The highest BCUT2D eigenvalue weighted by molar-refractivity contribution is 6.21. The van der Waals surface area contributed by atoms with E-state index in [1.165, 1.54) is 16.3 Å². The molecule has 6 aromatic carbocycles. The van der Waals surface area contributed by atoms with Crippen LogP contribution in [0.1, 0.15) is 0 Å². The summed E-state index contributed by atoms with van der Waals surface area (Å²) in [5, 5.41) is 4.66. The second-order valence-electron chi connectivity index (χ2n) is 10.4. The smallest absolute Gasteiger partial charge is 0.260 e. The number of aromatic nitrogens is 3. The van der Waals surface area contributed by atoms with Gasteiger partial charge in [-0.05, 0) is 81.2 Å². The van der Waals surface area contributed by atoms with E-state index >= 15 is 0 Å². The first-order valence-corrected chi connectivity index (χ1v) is 14.0. The number of imidazole rings is 1. The first-order chi connectivity index (χ1) is 20.8. The molecule has 0 N–H and O–H groups in total. The Morgan fingerprint density at radius 1 is 0.429 bits per heavy atom. The molecule has 0 amide bonds. The van der Waals surface area contributed by atoms with Gasteiger partial charge in [0.1, 0.15) is 0 Å². The van der Waals surface area contributed by atoms with Crippen LogP contribution in [0.15, 0.2) is 157 Å². The van der Waals surface area contributed by atoms with Crippen molar-refractivity contribution in [3.8, 4) is 33.8 Å². The van der Waals surface area contributed by atoms with Gasteiger partial charge < -0.3 is 0 Å². The summed E-state index contributed by atoms with van der Waals surface area (Å²) in [6.07, 6.45) is 1.85. The van der Waals surface area contributed by atoms with Crippen molar-refractivity contribution in [1.29, 1.82) is 0 Å². The molecule has 8 rings (SSSR count). The third kappa shape index (κ3) is 3.70. The Labute approximate surface area is 242 Å². The molecular formula is C38H25N3O. The minimum absolute atomic E-state index is 0.0919. The van der Waals surface area contributed by atoms with Crippen LogP contribution >= 0.6 is 0 Å². The molecule has 0 fully saturated rings. The Bertz CT molecular complexity index is 2240. The lowest BCUT2D eigenvalue weighted by Crippen LogP contribution is -2.22. The molecular weight excluding hydrogens is 514 g/mol. The minimum atomic E-state index is -0.0919. The molecule has 4 heteroatoms. The van der Waals surface area contributed by atoms with Crippen LogP contribution in [0.4, 0.5) is 0 Å². The summed E-state index contributed by atoms with van der Waals surface area (Å²) >= 11 is 0. The number of pyridine rings is 1. The van der Waals surface area contributed by atoms with Crippen molar-refractivity contribution >= 4 is 32.6 Å². The zero-order valence-electron chi connectivity index (χ0n) is 22.7. The third-order valence-electron chi connectivity index (χ3n) is 8.03. The summed E-state index contributed by atoms with van der Waals surface area (Å²) in [5.41, 5.74) is 7.70. The number of hydrogen-bond acceptors (Lipinski definition) is 2. The molecule has 0 aliphatic rings. The van der Waals surface area contributed by atoms with E-state index in [0.29, 0.717) is 0 Å². The molecule has 0 saturated heterocycles. The van der Waals surface area contributed by atoms with Crippen LogP contribution in [0.5, 0.6) is 0 Å². The summed E-state index contributed by atoms with van der Waals surface area (Å²) in [4.78, 5) is 18.6. The Balaban J connectivity index is 1.35. The summed E-state index contributed by atoms with van der Waals surface area (Å²) in [6, 6.07) is 49.3. The fraction of sp³-hybridized carbons (Fsp3) is 0. The lowest BCUT2D eigenvalue weighted by Gasteiger charge is -2.17. The SMILES string of the molecule is O=c1n(-c2ccccc2)c2ccccc2n1-c1ccc(-c2c3ccccc3c(-c3ccccn3)c3ccccc23)cc1. The highest BCUT2D eigenvalue weighted by Crippen LogP contribution is 2.43. The van der Waals surface area contributed by atoms with E-state index < -0.39 is 0 Å². The van der Waals surface area contributed by atoms with Crippen LogP contribution < -0.4 is 5.69 Å². The standard InChI is InChI=1S/C38H25N3O/c42-38-40(27-12-2-1-3-13-27)34-19-8-9-20-35(34)41(38)28-23-21-26(22-24-28)36-29-14-4-6-16-31(29)37(33-18-10-11-25-39-33)32-17-7-5-15-30(32)36/h1-25H. The van der Waals surface area contributed by atoms with Crippen LogP contribution in [0.2, 0.25) is 0 Å². The number of benzene rings is 6. The van der Waals surface area contributed by atoms with Gasteiger partial charge in [-0.1, -0.05) is 97.1 Å². The molecule has 198 valence electrons. The normalized spacial score (nSPS) is 11.4. The third-order valence-corrected chi connectivity index (χ3v) is 8.03. The molecule has 0 spiro atoms. The molecule has 8 aromatic rings. The van der Waals surface area contributed by atoms with Crippen LogP contribution in [0.25, 0.3) is 66.3 Å². The number of rotatable bonds is 4. The Morgan fingerprint density at radius 2 is 0.905 bits per heavy atom. The molecule has 0 radical (unpaired) electrons. The van der Waals surface area contributed by atoms with Crippen molar-refractivity contribution in [1.82, 2.24) is 14.1 Å². The van der Waals surface area contributed by atoms with Gasteiger partial charge in [-0.25, -0.2) is 4.79 Å². The van der Waals surface area contributed by atoms with Crippen molar-refractivity contribution in [3.63, 3.8) is 0 Å². The Kier molecular flexibility index (Phi) is 5.57. The van der Waals surface area contributed by atoms with E-state index in [9.17, 15) is 4.79 Å². The molecule has 0 atom stereocenters. The zero-order chi connectivity index (χ0) is 28.0. The molecule has 0 saturated carbocycles. The van der Waals surface area contributed by atoms with Gasteiger partial charge >= 0.3 is 5.69 Å². The maximum atomic E-state index is 13.9. The summed E-state index contributed by atoms with van der Waals surface area (Å²) in [5.74, 6) is 0. The largest absolute Gasteiger partial charge is 0.338 e. The fourth-order valence-corrected chi connectivity index (χ4v) is 6.23. The molecule has 0 aliphatic carbocycles. The molecule has 42 heavy (non-hydrogen) atoms. The van der Waals surface area contributed by atoms with Crippen molar-refractivity contribution in [3.05, 3.63) is 162 Å². The van der Waals surface area contributed by atoms with Crippen LogP contribution in [-0.4, -0.2) is 14.1 Å². The van der Waals surface area contributed by atoms with Gasteiger partial charge in [0.2, 0.25) is 0 Å². The van der Waals surface area contributed by atoms with Crippen molar-refractivity contribution in [2.75, 3.05) is 0 Å². The number of fused-ring (bicyclic) bond motifs is 3. The Hall–Kier alpha value is -5.74.